The van der Waals surface area contributed by atoms with Gasteiger partial charge in [-0.2, -0.15) is 9.40 Å². The van der Waals surface area contributed by atoms with E-state index in [1.54, 1.807) is 24.5 Å². The van der Waals surface area contributed by atoms with Crippen LogP contribution in [-0.4, -0.2) is 40.4 Å². The molecule has 1 saturated carbocycles. The summed E-state index contributed by atoms with van der Waals surface area (Å²) < 4.78 is 28.4. The largest absolute Gasteiger partial charge is 0.260 e. The average molecular weight is 348 g/mol. The second-order valence-corrected chi connectivity index (χ2v) is 8.65. The molecule has 3 rings (SSSR count). The minimum absolute atomic E-state index is 0.328. The maximum atomic E-state index is 12.7. The first-order chi connectivity index (χ1) is 8.87. The van der Waals surface area contributed by atoms with Gasteiger partial charge in [0.1, 0.15) is 0 Å². The van der Waals surface area contributed by atoms with Crippen molar-refractivity contribution in [2.75, 3.05) is 13.1 Å². The van der Waals surface area contributed by atoms with Gasteiger partial charge in [0.05, 0.1) is 6.20 Å². The van der Waals surface area contributed by atoms with Crippen LogP contribution in [0.4, 0.5) is 0 Å². The minimum atomic E-state index is -3.40. The molecular formula is C12H18BrN3O2S. The topological polar surface area (TPSA) is 55.2 Å². The van der Waals surface area contributed by atoms with Gasteiger partial charge in [-0.05, 0) is 31.6 Å². The lowest BCUT2D eigenvalue weighted by Crippen LogP contribution is -2.40. The first kappa shape index (κ1) is 13.6. The lowest BCUT2D eigenvalue weighted by atomic mass is 9.95. The molecule has 1 aromatic rings. The quantitative estimate of drug-likeness (QED) is 0.764. The fraction of sp³-hybridized carbons (Fsp3) is 0.750. The van der Waals surface area contributed by atoms with Crippen LogP contribution < -0.4 is 0 Å². The van der Waals surface area contributed by atoms with Crippen molar-refractivity contribution in [1.82, 2.24) is 14.1 Å². The predicted molar refractivity (Wildman–Crippen MR) is 75.7 cm³/mol. The van der Waals surface area contributed by atoms with Gasteiger partial charge in [0, 0.05) is 30.5 Å². The number of sulfonamides is 1. The molecular weight excluding hydrogens is 330 g/mol. The summed E-state index contributed by atoms with van der Waals surface area (Å²) in [6, 6.07) is 0. The first-order valence-electron chi connectivity index (χ1n) is 6.50. The fourth-order valence-corrected chi connectivity index (χ4v) is 5.87. The smallest absolute Gasteiger partial charge is 0.256 e. The lowest BCUT2D eigenvalue weighted by molar-refractivity contribution is 0.258. The minimum Gasteiger partial charge on any atom is -0.256 e. The molecule has 1 saturated heterocycles. The highest BCUT2D eigenvalue weighted by molar-refractivity contribution is 9.09. The van der Waals surface area contributed by atoms with E-state index < -0.39 is 10.0 Å². The first-order valence-corrected chi connectivity index (χ1v) is 8.85. The number of halogens is 1. The molecule has 0 radical (unpaired) electrons. The summed E-state index contributed by atoms with van der Waals surface area (Å²) in [4.78, 5) is 0.586. The van der Waals surface area contributed by atoms with E-state index in [2.05, 4.69) is 21.0 Å². The van der Waals surface area contributed by atoms with Crippen LogP contribution in [0.3, 0.4) is 0 Å². The van der Waals surface area contributed by atoms with Crippen LogP contribution in [0.1, 0.15) is 24.8 Å². The van der Waals surface area contributed by atoms with Crippen LogP contribution >= 0.6 is 15.9 Å². The highest BCUT2D eigenvalue weighted by atomic mass is 79.9. The van der Waals surface area contributed by atoms with Gasteiger partial charge >= 0.3 is 0 Å². The third kappa shape index (κ3) is 2.06. The highest BCUT2D eigenvalue weighted by Crippen LogP contribution is 2.58. The van der Waals surface area contributed by atoms with Crippen molar-refractivity contribution in [2.45, 2.75) is 36.0 Å². The summed E-state index contributed by atoms with van der Waals surface area (Å²) in [6.45, 7) is 3.03. The van der Waals surface area contributed by atoms with Gasteiger partial charge in [0.15, 0.2) is 5.03 Å². The predicted octanol–water partition coefficient (Wildman–Crippen LogP) is 1.67. The van der Waals surface area contributed by atoms with E-state index in [1.807, 2.05) is 0 Å². The summed E-state index contributed by atoms with van der Waals surface area (Å²) in [5.41, 5.74) is 1.08. The Labute approximate surface area is 122 Å². The van der Waals surface area contributed by atoms with E-state index >= 15 is 0 Å². The molecule has 1 aliphatic heterocycles. The van der Waals surface area contributed by atoms with Crippen molar-refractivity contribution in [3.8, 4) is 0 Å². The Morgan fingerprint density at radius 3 is 2.42 bits per heavy atom. The van der Waals surface area contributed by atoms with Gasteiger partial charge in [0.25, 0.3) is 10.0 Å². The Hall–Kier alpha value is -0.400. The number of hydrogen-bond acceptors (Lipinski definition) is 3. The van der Waals surface area contributed by atoms with Gasteiger partial charge in [-0.15, -0.1) is 0 Å². The zero-order valence-electron chi connectivity index (χ0n) is 11.1. The number of aryl methyl sites for hydroxylation is 2. The zero-order valence-corrected chi connectivity index (χ0v) is 13.5. The number of rotatable bonds is 2. The van der Waals surface area contributed by atoms with Gasteiger partial charge in [0.2, 0.25) is 0 Å². The third-order valence-corrected chi connectivity index (χ3v) is 7.86. The van der Waals surface area contributed by atoms with E-state index in [9.17, 15) is 8.42 Å². The molecule has 1 aliphatic carbocycles. The van der Waals surface area contributed by atoms with E-state index in [-0.39, 0.29) is 0 Å². The molecule has 0 aromatic carbocycles. The molecule has 1 spiro atoms. The number of aromatic nitrogens is 2. The molecule has 19 heavy (non-hydrogen) atoms. The van der Waals surface area contributed by atoms with Gasteiger partial charge in [-0.25, -0.2) is 8.42 Å². The molecule has 5 nitrogen and oxygen atoms in total. The molecule has 7 heteroatoms. The Balaban J connectivity index is 1.83. The lowest BCUT2D eigenvalue weighted by Gasteiger charge is -2.31. The molecule has 2 heterocycles. The van der Waals surface area contributed by atoms with Crippen molar-refractivity contribution in [3.63, 3.8) is 0 Å². The summed E-state index contributed by atoms with van der Waals surface area (Å²) in [5.74, 6) is 0. The standard InChI is InChI=1S/C12H18BrN3O2S/c1-9-8-14-15(2)11(9)19(17,18)16-5-3-12(4-6-16)7-10(12)13/h8,10H,3-7H2,1-2H3. The van der Waals surface area contributed by atoms with E-state index in [4.69, 9.17) is 0 Å². The molecule has 2 fully saturated rings. The van der Waals surface area contributed by atoms with Crippen molar-refractivity contribution in [2.24, 2.45) is 12.5 Å². The van der Waals surface area contributed by atoms with E-state index in [1.165, 1.54) is 11.1 Å². The average Bonchev–Trinajstić information content (AvgIpc) is 2.80. The molecule has 1 atom stereocenters. The Morgan fingerprint density at radius 1 is 1.42 bits per heavy atom. The van der Waals surface area contributed by atoms with Gasteiger partial charge < -0.3 is 0 Å². The monoisotopic (exact) mass is 347 g/mol. The SMILES string of the molecule is Cc1cnn(C)c1S(=O)(=O)N1CCC2(CC1)CC2Br. The van der Waals surface area contributed by atoms with Crippen LogP contribution in [0.25, 0.3) is 0 Å². The summed E-state index contributed by atoms with van der Waals surface area (Å²) in [5, 5.41) is 4.36. The molecule has 2 aliphatic rings. The van der Waals surface area contributed by atoms with Crippen molar-refractivity contribution in [1.29, 1.82) is 0 Å². The molecule has 0 bridgehead atoms. The number of piperidine rings is 1. The maximum Gasteiger partial charge on any atom is 0.260 e. The molecule has 0 amide bonds. The third-order valence-electron chi connectivity index (χ3n) is 4.45. The molecule has 106 valence electrons. The van der Waals surface area contributed by atoms with Crippen LogP contribution in [0.15, 0.2) is 11.2 Å². The second-order valence-electron chi connectivity index (χ2n) is 5.69. The van der Waals surface area contributed by atoms with Crippen molar-refractivity contribution in [3.05, 3.63) is 11.8 Å². The molecule has 0 N–H and O–H groups in total. The number of nitrogens with zero attached hydrogens (tertiary/aromatic N) is 3. The van der Waals surface area contributed by atoms with E-state index in [0.29, 0.717) is 33.9 Å². The van der Waals surface area contributed by atoms with E-state index in [0.717, 1.165) is 12.8 Å². The summed E-state index contributed by atoms with van der Waals surface area (Å²) in [6.07, 6.45) is 4.71. The zero-order chi connectivity index (χ0) is 13.8. The number of alkyl halides is 1. The Kier molecular flexibility index (Phi) is 3.07. The van der Waals surface area contributed by atoms with Crippen molar-refractivity contribution >= 4 is 26.0 Å². The van der Waals surface area contributed by atoms with Gasteiger partial charge in [-0.3, -0.25) is 4.68 Å². The fourth-order valence-electron chi connectivity index (χ4n) is 3.02. The number of hydrogen-bond donors (Lipinski definition) is 0. The Morgan fingerprint density at radius 2 is 2.00 bits per heavy atom. The van der Waals surface area contributed by atoms with Crippen molar-refractivity contribution < 1.29 is 8.42 Å². The van der Waals surface area contributed by atoms with Crippen LogP contribution in [0.2, 0.25) is 0 Å². The normalized spacial score (nSPS) is 26.8. The van der Waals surface area contributed by atoms with Crippen LogP contribution in [-0.2, 0) is 17.1 Å². The van der Waals surface area contributed by atoms with Crippen LogP contribution in [0, 0.1) is 12.3 Å². The summed E-state index contributed by atoms with van der Waals surface area (Å²) in [7, 11) is -1.72. The molecule has 1 aromatic heterocycles. The Bertz CT molecular complexity index is 583. The van der Waals surface area contributed by atoms with Gasteiger partial charge in [-0.1, -0.05) is 15.9 Å². The maximum absolute atomic E-state index is 12.7. The second kappa shape index (κ2) is 4.30. The highest BCUT2D eigenvalue weighted by Gasteiger charge is 2.54. The molecule has 1 unspecified atom stereocenters. The summed E-state index contributed by atoms with van der Waals surface area (Å²) >= 11 is 3.65. The van der Waals surface area contributed by atoms with Crippen LogP contribution in [0.5, 0.6) is 0 Å².